The molecule has 0 spiro atoms. The molecule has 1 N–H and O–H groups in total. The van der Waals surface area contributed by atoms with Gasteiger partial charge in [-0.25, -0.2) is 0 Å². The lowest BCUT2D eigenvalue weighted by atomic mass is 10.0. The molecular weight excluding hydrogens is 210 g/mol. The lowest BCUT2D eigenvalue weighted by Gasteiger charge is -2.08. The number of halogens is 1. The summed E-state index contributed by atoms with van der Waals surface area (Å²) in [5.41, 5.74) is 1.35. The Morgan fingerprint density at radius 3 is 2.27 bits per heavy atom. The van der Waals surface area contributed by atoms with E-state index in [1.165, 1.54) is 5.56 Å². The SMILES string of the molecule is CNCCOc1ccc(C(C)C)cc1.Cl. The maximum absolute atomic E-state index is 5.52. The van der Waals surface area contributed by atoms with Gasteiger partial charge in [-0.3, -0.25) is 0 Å². The maximum atomic E-state index is 5.52. The minimum atomic E-state index is 0. The topological polar surface area (TPSA) is 21.3 Å². The number of nitrogens with one attached hydrogen (secondary N) is 1. The van der Waals surface area contributed by atoms with Crippen LogP contribution < -0.4 is 10.1 Å². The Labute approximate surface area is 98.4 Å². The summed E-state index contributed by atoms with van der Waals surface area (Å²) in [4.78, 5) is 0. The van der Waals surface area contributed by atoms with Crippen LogP contribution in [0.4, 0.5) is 0 Å². The van der Waals surface area contributed by atoms with Crippen molar-refractivity contribution < 1.29 is 4.74 Å². The molecular formula is C12H20ClNO. The summed E-state index contributed by atoms with van der Waals surface area (Å²) >= 11 is 0. The van der Waals surface area contributed by atoms with Gasteiger partial charge in [-0.2, -0.15) is 0 Å². The van der Waals surface area contributed by atoms with Gasteiger partial charge in [0, 0.05) is 6.54 Å². The molecule has 0 radical (unpaired) electrons. The third-order valence-electron chi connectivity index (χ3n) is 2.17. The first-order valence-corrected chi connectivity index (χ1v) is 5.11. The first kappa shape index (κ1) is 14.3. The lowest BCUT2D eigenvalue weighted by molar-refractivity contribution is 0.318. The van der Waals surface area contributed by atoms with Gasteiger partial charge in [0.1, 0.15) is 12.4 Å². The van der Waals surface area contributed by atoms with Crippen LogP contribution in [0, 0.1) is 0 Å². The van der Waals surface area contributed by atoms with Gasteiger partial charge in [-0.15, -0.1) is 12.4 Å². The Balaban J connectivity index is 0.00000196. The highest BCUT2D eigenvalue weighted by Crippen LogP contribution is 2.18. The van der Waals surface area contributed by atoms with Gasteiger partial charge in [0.25, 0.3) is 0 Å². The molecule has 0 fully saturated rings. The van der Waals surface area contributed by atoms with Gasteiger partial charge in [0.2, 0.25) is 0 Å². The number of likely N-dealkylation sites (N-methyl/N-ethyl adjacent to an activating group) is 1. The molecule has 0 aliphatic rings. The summed E-state index contributed by atoms with van der Waals surface area (Å²) in [5.74, 6) is 1.53. The highest BCUT2D eigenvalue weighted by molar-refractivity contribution is 5.85. The molecule has 0 aliphatic heterocycles. The van der Waals surface area contributed by atoms with Crippen molar-refractivity contribution in [1.29, 1.82) is 0 Å². The second-order valence-corrected chi connectivity index (χ2v) is 3.68. The second-order valence-electron chi connectivity index (χ2n) is 3.68. The number of hydrogen-bond donors (Lipinski definition) is 1. The molecule has 2 nitrogen and oxygen atoms in total. The van der Waals surface area contributed by atoms with Crippen molar-refractivity contribution in [3.63, 3.8) is 0 Å². The fourth-order valence-corrected chi connectivity index (χ4v) is 1.22. The smallest absolute Gasteiger partial charge is 0.119 e. The normalized spacial score (nSPS) is 9.87. The van der Waals surface area contributed by atoms with Crippen LogP contribution in [0.25, 0.3) is 0 Å². The van der Waals surface area contributed by atoms with Crippen LogP contribution in [0.3, 0.4) is 0 Å². The van der Waals surface area contributed by atoms with E-state index in [-0.39, 0.29) is 12.4 Å². The van der Waals surface area contributed by atoms with Crippen LogP contribution in [0.15, 0.2) is 24.3 Å². The standard InChI is InChI=1S/C12H19NO.ClH/c1-10(2)11-4-6-12(7-5-11)14-9-8-13-3;/h4-7,10,13H,8-9H2,1-3H3;1H. The second kappa shape index (κ2) is 7.55. The van der Waals surface area contributed by atoms with Crippen LogP contribution in [-0.2, 0) is 0 Å². The van der Waals surface area contributed by atoms with Gasteiger partial charge in [-0.05, 0) is 30.7 Å². The molecule has 0 aromatic heterocycles. The van der Waals surface area contributed by atoms with E-state index in [9.17, 15) is 0 Å². The summed E-state index contributed by atoms with van der Waals surface area (Å²) in [5, 5.41) is 3.04. The van der Waals surface area contributed by atoms with Gasteiger partial charge < -0.3 is 10.1 Å². The number of hydrogen-bond acceptors (Lipinski definition) is 2. The monoisotopic (exact) mass is 229 g/mol. The van der Waals surface area contributed by atoms with Crippen molar-refractivity contribution in [2.45, 2.75) is 19.8 Å². The van der Waals surface area contributed by atoms with Crippen molar-refractivity contribution in [3.8, 4) is 5.75 Å². The fourth-order valence-electron chi connectivity index (χ4n) is 1.22. The van der Waals surface area contributed by atoms with Gasteiger partial charge >= 0.3 is 0 Å². The van der Waals surface area contributed by atoms with Crippen molar-refractivity contribution >= 4 is 12.4 Å². The lowest BCUT2D eigenvalue weighted by Crippen LogP contribution is -2.15. The summed E-state index contributed by atoms with van der Waals surface area (Å²) in [6, 6.07) is 8.31. The molecule has 0 amide bonds. The first-order chi connectivity index (χ1) is 6.74. The molecule has 0 heterocycles. The van der Waals surface area contributed by atoms with E-state index in [1.807, 2.05) is 19.2 Å². The van der Waals surface area contributed by atoms with Gasteiger partial charge in [-0.1, -0.05) is 26.0 Å². The van der Waals surface area contributed by atoms with Crippen LogP contribution in [0.1, 0.15) is 25.3 Å². The summed E-state index contributed by atoms with van der Waals surface area (Å²) < 4.78 is 5.52. The zero-order chi connectivity index (χ0) is 10.4. The molecule has 1 aromatic rings. The van der Waals surface area contributed by atoms with Crippen molar-refractivity contribution in [1.82, 2.24) is 5.32 Å². The van der Waals surface area contributed by atoms with Crippen molar-refractivity contribution in [2.75, 3.05) is 20.2 Å². The van der Waals surface area contributed by atoms with E-state index in [4.69, 9.17) is 4.74 Å². The average molecular weight is 230 g/mol. The largest absolute Gasteiger partial charge is 0.492 e. The minimum Gasteiger partial charge on any atom is -0.492 e. The molecule has 1 rings (SSSR count). The van der Waals surface area contributed by atoms with E-state index in [0.29, 0.717) is 5.92 Å². The Morgan fingerprint density at radius 1 is 1.20 bits per heavy atom. The van der Waals surface area contributed by atoms with Crippen molar-refractivity contribution in [2.24, 2.45) is 0 Å². The average Bonchev–Trinajstić information content (AvgIpc) is 2.19. The number of rotatable bonds is 5. The third-order valence-corrected chi connectivity index (χ3v) is 2.17. The highest BCUT2D eigenvalue weighted by atomic mass is 35.5. The van der Waals surface area contributed by atoms with Crippen molar-refractivity contribution in [3.05, 3.63) is 29.8 Å². The molecule has 0 atom stereocenters. The number of benzene rings is 1. The van der Waals surface area contributed by atoms with E-state index < -0.39 is 0 Å². The zero-order valence-electron chi connectivity index (χ0n) is 9.62. The quantitative estimate of drug-likeness (QED) is 0.785. The van der Waals surface area contributed by atoms with Gasteiger partial charge in [0.05, 0.1) is 0 Å². The third kappa shape index (κ3) is 5.05. The first-order valence-electron chi connectivity index (χ1n) is 5.11. The minimum absolute atomic E-state index is 0. The molecule has 3 heteroatoms. The predicted octanol–water partition coefficient (Wildman–Crippen LogP) is 2.83. The van der Waals surface area contributed by atoms with Crippen LogP contribution in [0.5, 0.6) is 5.75 Å². The van der Waals surface area contributed by atoms with Gasteiger partial charge in [0.15, 0.2) is 0 Å². The molecule has 0 unspecified atom stereocenters. The van der Waals surface area contributed by atoms with Crippen LogP contribution in [-0.4, -0.2) is 20.2 Å². The summed E-state index contributed by atoms with van der Waals surface area (Å²) in [7, 11) is 1.92. The molecule has 0 saturated heterocycles. The molecule has 86 valence electrons. The number of ether oxygens (including phenoxy) is 1. The Hall–Kier alpha value is -0.730. The highest BCUT2D eigenvalue weighted by Gasteiger charge is 1.98. The van der Waals surface area contributed by atoms with E-state index in [2.05, 4.69) is 31.3 Å². The van der Waals surface area contributed by atoms with Crippen LogP contribution >= 0.6 is 12.4 Å². The molecule has 0 aliphatic carbocycles. The fraction of sp³-hybridized carbons (Fsp3) is 0.500. The summed E-state index contributed by atoms with van der Waals surface area (Å²) in [6.45, 7) is 5.98. The molecule has 15 heavy (non-hydrogen) atoms. The Bertz CT molecular complexity index is 259. The predicted molar refractivity (Wildman–Crippen MR) is 67.2 cm³/mol. The van der Waals surface area contributed by atoms with E-state index >= 15 is 0 Å². The zero-order valence-corrected chi connectivity index (χ0v) is 10.4. The Morgan fingerprint density at radius 2 is 1.80 bits per heavy atom. The maximum Gasteiger partial charge on any atom is 0.119 e. The molecule has 0 saturated carbocycles. The Kier molecular flexibility index (Phi) is 7.18. The van der Waals surface area contributed by atoms with E-state index in [0.717, 1.165) is 18.9 Å². The van der Waals surface area contributed by atoms with Crippen LogP contribution in [0.2, 0.25) is 0 Å². The van der Waals surface area contributed by atoms with E-state index in [1.54, 1.807) is 0 Å². The molecule has 1 aromatic carbocycles. The molecule has 0 bridgehead atoms. The summed E-state index contributed by atoms with van der Waals surface area (Å²) in [6.07, 6.45) is 0.